The first-order chi connectivity index (χ1) is 19.1. The van der Waals surface area contributed by atoms with Crippen molar-refractivity contribution in [3.8, 4) is 16.9 Å². The molecule has 1 aliphatic carbocycles. The summed E-state index contributed by atoms with van der Waals surface area (Å²) in [5.74, 6) is 0.0969. The van der Waals surface area contributed by atoms with Crippen LogP contribution < -0.4 is 10.5 Å². The fourth-order valence-corrected chi connectivity index (χ4v) is 6.11. The van der Waals surface area contributed by atoms with Gasteiger partial charge in [0, 0.05) is 35.8 Å². The quantitative estimate of drug-likeness (QED) is 0.417. The van der Waals surface area contributed by atoms with Gasteiger partial charge in [0.1, 0.15) is 12.4 Å². The van der Waals surface area contributed by atoms with E-state index in [1.807, 2.05) is 18.6 Å². The number of nitrogens with two attached hydrogens (primary N) is 1. The molecule has 40 heavy (non-hydrogen) atoms. The summed E-state index contributed by atoms with van der Waals surface area (Å²) in [7, 11) is -1.54. The predicted octanol–water partition coefficient (Wildman–Crippen LogP) is 4.54. The van der Waals surface area contributed by atoms with Crippen LogP contribution in [0.3, 0.4) is 0 Å². The van der Waals surface area contributed by atoms with Crippen LogP contribution >= 0.6 is 0 Å². The number of ether oxygens (including phenoxy) is 1. The number of likely N-dealkylation sites (tertiary alicyclic amines) is 1. The van der Waals surface area contributed by atoms with E-state index >= 15 is 0 Å². The summed E-state index contributed by atoms with van der Waals surface area (Å²) in [6.07, 6.45) is 13.8. The maximum atomic E-state index is 12.5. The molecule has 6 rings (SSSR count). The minimum Gasteiger partial charge on any atom is -0.491 e. The Morgan fingerprint density at radius 1 is 1.15 bits per heavy atom. The number of aliphatic imine (C=N–C) groups is 1. The van der Waals surface area contributed by atoms with Crippen molar-refractivity contribution in [1.29, 1.82) is 0 Å². The first-order valence-corrected chi connectivity index (χ1v) is 15.7. The number of hydrogen-bond donors (Lipinski definition) is 2. The molecule has 1 saturated carbocycles. The number of likely N-dealkylation sites (N-methyl/N-ethyl adjacent to an activating group) is 1. The lowest BCUT2D eigenvalue weighted by atomic mass is 9.94. The van der Waals surface area contributed by atoms with E-state index in [1.165, 1.54) is 44.0 Å². The van der Waals surface area contributed by atoms with E-state index in [1.54, 1.807) is 0 Å². The van der Waals surface area contributed by atoms with Gasteiger partial charge in [-0.05, 0) is 63.0 Å². The summed E-state index contributed by atoms with van der Waals surface area (Å²) in [5.41, 5.74) is 12.1. The van der Waals surface area contributed by atoms with Crippen molar-refractivity contribution in [2.75, 3.05) is 26.5 Å². The highest BCUT2D eigenvalue weighted by Gasteiger charge is 2.27. The van der Waals surface area contributed by atoms with Crippen LogP contribution in [0.25, 0.3) is 22.2 Å². The number of benzene rings is 2. The molecule has 2 fully saturated rings. The molecule has 0 radical (unpaired) electrons. The summed E-state index contributed by atoms with van der Waals surface area (Å²) in [4.78, 5) is 24.2. The first-order valence-electron chi connectivity index (χ1n) is 13.8. The Labute approximate surface area is 235 Å². The number of aromatic nitrogens is 2. The van der Waals surface area contributed by atoms with Crippen molar-refractivity contribution in [1.82, 2.24) is 14.5 Å². The molecule has 0 unspecified atom stereocenters. The van der Waals surface area contributed by atoms with Crippen molar-refractivity contribution >= 4 is 39.0 Å². The predicted molar refractivity (Wildman–Crippen MR) is 156 cm³/mol. The second-order valence-corrected chi connectivity index (χ2v) is 12.4. The zero-order chi connectivity index (χ0) is 28.4. The van der Waals surface area contributed by atoms with Crippen molar-refractivity contribution in [2.24, 2.45) is 10.7 Å². The maximum absolute atomic E-state index is 12.5. The van der Waals surface area contributed by atoms with Crippen LogP contribution in [0.15, 0.2) is 35.6 Å². The third-order valence-electron chi connectivity index (χ3n) is 8.08. The minimum atomic E-state index is -3.67. The SMILES string of the molecule is CN1CCC[C@@H]1COc1cc(-c2ccc3c(c2)ncn3C2CCCCC2)c2c(c1C(N)=O)CC=N2.CS(=O)(=O)O. The van der Waals surface area contributed by atoms with E-state index in [2.05, 4.69) is 39.7 Å². The molecule has 0 spiro atoms. The van der Waals surface area contributed by atoms with E-state index in [0.29, 0.717) is 42.7 Å². The highest BCUT2D eigenvalue weighted by Crippen LogP contribution is 2.43. The number of carbonyl (C=O) groups is 1. The van der Waals surface area contributed by atoms with Gasteiger partial charge in [0.05, 0.1) is 34.9 Å². The first kappa shape index (κ1) is 28.3. The number of fused-ring (bicyclic) bond motifs is 2. The van der Waals surface area contributed by atoms with Crippen LogP contribution in [-0.2, 0) is 16.5 Å². The van der Waals surface area contributed by atoms with Crippen LogP contribution in [0.1, 0.15) is 66.9 Å². The van der Waals surface area contributed by atoms with E-state index in [4.69, 9.17) is 20.0 Å². The molecule has 2 aliphatic heterocycles. The van der Waals surface area contributed by atoms with Crippen molar-refractivity contribution in [2.45, 2.75) is 63.5 Å². The zero-order valence-corrected chi connectivity index (χ0v) is 23.9. The van der Waals surface area contributed by atoms with E-state index in [9.17, 15) is 13.2 Å². The fraction of sp³-hybridized carbons (Fsp3) is 0.483. The summed E-state index contributed by atoms with van der Waals surface area (Å²) in [6, 6.07) is 9.30. The normalized spacial score (nSPS) is 19.4. The summed E-state index contributed by atoms with van der Waals surface area (Å²) in [5, 5.41) is 0. The van der Waals surface area contributed by atoms with E-state index in [-0.39, 0.29) is 0 Å². The molecule has 3 aromatic rings. The van der Waals surface area contributed by atoms with Gasteiger partial charge in [-0.25, -0.2) is 4.98 Å². The Kier molecular flexibility index (Phi) is 8.25. The van der Waals surface area contributed by atoms with Gasteiger partial charge in [-0.15, -0.1) is 0 Å². The standard InChI is InChI=1S/C28H33N5O2.CH4O3S/c1-32-13-5-8-20(32)16-35-25-15-22(27-21(11-12-30-27)26(25)28(29)34)18-9-10-24-23(14-18)31-17-33(24)19-6-3-2-4-7-19;1-5(2,3)4/h9-10,12,14-15,17,19-20H,2-8,11,13,16H2,1H3,(H2,29,34);1H3,(H,2,3,4)/t20-;/m1./s1. The molecule has 1 aromatic heterocycles. The second kappa shape index (κ2) is 11.7. The topological polar surface area (TPSA) is 140 Å². The minimum absolute atomic E-state index is 0.351. The maximum Gasteiger partial charge on any atom is 0.261 e. The molecule has 1 atom stereocenters. The fourth-order valence-electron chi connectivity index (χ4n) is 6.11. The molecule has 2 aromatic carbocycles. The second-order valence-electron chi connectivity index (χ2n) is 11.0. The molecular weight excluding hydrogens is 530 g/mol. The summed E-state index contributed by atoms with van der Waals surface area (Å²) < 4.78 is 34.5. The molecule has 1 amide bonds. The molecule has 1 saturated heterocycles. The van der Waals surface area contributed by atoms with E-state index < -0.39 is 16.0 Å². The monoisotopic (exact) mass is 567 g/mol. The van der Waals surface area contributed by atoms with Gasteiger partial charge in [-0.2, -0.15) is 8.42 Å². The molecule has 3 aliphatic rings. The smallest absolute Gasteiger partial charge is 0.261 e. The lowest BCUT2D eigenvalue weighted by Crippen LogP contribution is -2.31. The van der Waals surface area contributed by atoms with Gasteiger partial charge in [0.15, 0.2) is 0 Å². The average Bonchev–Trinajstić information content (AvgIpc) is 3.65. The molecular formula is C29H37N5O5S. The average molecular weight is 568 g/mol. The van der Waals surface area contributed by atoms with E-state index in [0.717, 1.165) is 40.9 Å². The molecule has 3 heterocycles. The lowest BCUT2D eigenvalue weighted by molar-refractivity contribution is 0.0993. The van der Waals surface area contributed by atoms with Gasteiger partial charge < -0.3 is 19.9 Å². The number of carbonyl (C=O) groups excluding carboxylic acids is 1. The van der Waals surface area contributed by atoms with Gasteiger partial charge in [-0.1, -0.05) is 25.3 Å². The number of hydrogen-bond acceptors (Lipinski definition) is 7. The molecule has 10 nitrogen and oxygen atoms in total. The van der Waals surface area contributed by atoms with Gasteiger partial charge in [0.25, 0.3) is 16.0 Å². The van der Waals surface area contributed by atoms with Gasteiger partial charge in [-0.3, -0.25) is 14.3 Å². The van der Waals surface area contributed by atoms with Crippen LogP contribution in [0.5, 0.6) is 5.75 Å². The highest BCUT2D eigenvalue weighted by molar-refractivity contribution is 7.85. The van der Waals surface area contributed by atoms with Gasteiger partial charge >= 0.3 is 0 Å². The Morgan fingerprint density at radius 3 is 2.58 bits per heavy atom. The molecule has 11 heteroatoms. The summed E-state index contributed by atoms with van der Waals surface area (Å²) in [6.45, 7) is 1.62. The van der Waals surface area contributed by atoms with Gasteiger partial charge in [0.2, 0.25) is 0 Å². The third kappa shape index (κ3) is 6.21. The molecule has 3 N–H and O–H groups in total. The van der Waals surface area contributed by atoms with Crippen LogP contribution in [0, 0.1) is 0 Å². The third-order valence-corrected chi connectivity index (χ3v) is 8.08. The Morgan fingerprint density at radius 2 is 1.90 bits per heavy atom. The van der Waals surface area contributed by atoms with Crippen LogP contribution in [0.4, 0.5) is 5.69 Å². The molecule has 214 valence electrons. The van der Waals surface area contributed by atoms with Crippen LogP contribution in [0.2, 0.25) is 0 Å². The number of primary amides is 1. The van der Waals surface area contributed by atoms with Crippen LogP contribution in [-0.4, -0.2) is 72.0 Å². The highest BCUT2D eigenvalue weighted by atomic mass is 32.2. The zero-order valence-electron chi connectivity index (χ0n) is 23.0. The Hall–Kier alpha value is -3.28. The Bertz CT molecular complexity index is 1530. The lowest BCUT2D eigenvalue weighted by Gasteiger charge is -2.23. The number of nitrogens with zero attached hydrogens (tertiary/aromatic N) is 4. The van der Waals surface area contributed by atoms with Crippen molar-refractivity contribution in [3.63, 3.8) is 0 Å². The largest absolute Gasteiger partial charge is 0.491 e. The number of imidazole rings is 1. The van der Waals surface area contributed by atoms with Crippen molar-refractivity contribution in [3.05, 3.63) is 41.7 Å². The Balaban J connectivity index is 0.000000595. The number of rotatable bonds is 6. The van der Waals surface area contributed by atoms with Crippen molar-refractivity contribution < 1.29 is 22.5 Å². The molecule has 0 bridgehead atoms. The number of amides is 1. The summed E-state index contributed by atoms with van der Waals surface area (Å²) >= 11 is 0.